The predicted octanol–water partition coefficient (Wildman–Crippen LogP) is 4.46. The van der Waals surface area contributed by atoms with Gasteiger partial charge in [-0.3, -0.25) is 0 Å². The van der Waals surface area contributed by atoms with E-state index in [0.717, 1.165) is 28.0 Å². The van der Waals surface area contributed by atoms with Gasteiger partial charge >= 0.3 is 0 Å². The van der Waals surface area contributed by atoms with Crippen molar-refractivity contribution in [2.24, 2.45) is 0 Å². The van der Waals surface area contributed by atoms with Crippen LogP contribution in [0, 0.1) is 6.92 Å². The Morgan fingerprint density at radius 2 is 2.06 bits per heavy atom. The van der Waals surface area contributed by atoms with Crippen LogP contribution in [-0.4, -0.2) is 4.98 Å². The molecule has 2 nitrogen and oxygen atoms in total. The van der Waals surface area contributed by atoms with Gasteiger partial charge < -0.3 is 5.32 Å². The molecule has 2 aromatic rings. The number of rotatable bonds is 3. The first-order valence-electron chi connectivity index (χ1n) is 5.67. The number of pyridine rings is 1. The molecule has 0 spiro atoms. The Morgan fingerprint density at radius 1 is 1.29 bits per heavy atom. The molecular formula is C14H15BrN2. The molecule has 1 aromatic carbocycles. The van der Waals surface area contributed by atoms with E-state index in [2.05, 4.69) is 57.4 Å². The Hall–Kier alpha value is -1.35. The van der Waals surface area contributed by atoms with Crippen molar-refractivity contribution < 1.29 is 0 Å². The fourth-order valence-electron chi connectivity index (χ4n) is 1.70. The van der Waals surface area contributed by atoms with Crippen LogP contribution in [0.1, 0.15) is 18.1 Å². The summed E-state index contributed by atoms with van der Waals surface area (Å²) in [6, 6.07) is 10.4. The lowest BCUT2D eigenvalue weighted by molar-refractivity contribution is 1.13. The number of aromatic nitrogens is 1. The second kappa shape index (κ2) is 5.32. The Bertz CT molecular complexity index is 523. The third-order valence-corrected chi connectivity index (χ3v) is 3.23. The fourth-order valence-corrected chi connectivity index (χ4v) is 2.27. The summed E-state index contributed by atoms with van der Waals surface area (Å²) in [5.41, 5.74) is 3.56. The molecule has 0 aliphatic carbocycles. The number of nitrogens with one attached hydrogen (secondary N) is 1. The van der Waals surface area contributed by atoms with Crippen molar-refractivity contribution >= 4 is 27.4 Å². The lowest BCUT2D eigenvalue weighted by Crippen LogP contribution is -1.98. The molecule has 0 unspecified atom stereocenters. The molecule has 0 amide bonds. The number of hydrogen-bond acceptors (Lipinski definition) is 2. The second-order valence-electron chi connectivity index (χ2n) is 3.98. The lowest BCUT2D eigenvalue weighted by atomic mass is 10.1. The van der Waals surface area contributed by atoms with Crippen LogP contribution in [0.2, 0.25) is 0 Å². The lowest BCUT2D eigenvalue weighted by Gasteiger charge is -2.11. The second-order valence-corrected chi connectivity index (χ2v) is 4.83. The van der Waals surface area contributed by atoms with Gasteiger partial charge in [0.25, 0.3) is 0 Å². The number of aryl methyl sites for hydroxylation is 2. The molecule has 0 radical (unpaired) electrons. The van der Waals surface area contributed by atoms with Gasteiger partial charge in [0.2, 0.25) is 0 Å². The van der Waals surface area contributed by atoms with Gasteiger partial charge in [-0.25, -0.2) is 4.98 Å². The zero-order valence-electron chi connectivity index (χ0n) is 10.00. The third-order valence-electron chi connectivity index (χ3n) is 2.63. The molecule has 0 atom stereocenters. The highest BCUT2D eigenvalue weighted by Crippen LogP contribution is 2.26. The monoisotopic (exact) mass is 290 g/mol. The van der Waals surface area contributed by atoms with E-state index in [0.29, 0.717) is 0 Å². The Morgan fingerprint density at radius 3 is 2.76 bits per heavy atom. The molecule has 2 rings (SSSR count). The zero-order chi connectivity index (χ0) is 12.3. The van der Waals surface area contributed by atoms with E-state index < -0.39 is 0 Å². The number of para-hydroxylation sites is 1. The van der Waals surface area contributed by atoms with Gasteiger partial charge in [0, 0.05) is 11.9 Å². The summed E-state index contributed by atoms with van der Waals surface area (Å²) < 4.78 is 0.989. The van der Waals surface area contributed by atoms with E-state index in [1.807, 2.05) is 19.2 Å². The summed E-state index contributed by atoms with van der Waals surface area (Å²) in [4.78, 5) is 4.39. The largest absolute Gasteiger partial charge is 0.339 e. The minimum atomic E-state index is 0.858. The van der Waals surface area contributed by atoms with Crippen LogP contribution < -0.4 is 5.32 Å². The first kappa shape index (κ1) is 12.1. The average Bonchev–Trinajstić information content (AvgIpc) is 2.33. The Balaban J connectivity index is 2.31. The first-order valence-corrected chi connectivity index (χ1v) is 6.47. The average molecular weight is 291 g/mol. The van der Waals surface area contributed by atoms with Crippen molar-refractivity contribution in [3.05, 3.63) is 52.1 Å². The third kappa shape index (κ3) is 2.86. The van der Waals surface area contributed by atoms with Crippen molar-refractivity contribution in [2.75, 3.05) is 5.32 Å². The maximum absolute atomic E-state index is 4.39. The molecule has 1 aromatic heterocycles. The van der Waals surface area contributed by atoms with Gasteiger partial charge in [-0.05, 0) is 52.5 Å². The quantitative estimate of drug-likeness (QED) is 0.903. The van der Waals surface area contributed by atoms with Crippen molar-refractivity contribution in [3.8, 4) is 0 Å². The number of anilines is 2. The highest BCUT2D eigenvalue weighted by atomic mass is 79.9. The zero-order valence-corrected chi connectivity index (χ0v) is 11.6. The molecule has 0 saturated heterocycles. The van der Waals surface area contributed by atoms with Crippen LogP contribution in [0.3, 0.4) is 0 Å². The fraction of sp³-hybridized carbons (Fsp3) is 0.214. The molecule has 0 aliphatic heterocycles. The molecule has 0 fully saturated rings. The van der Waals surface area contributed by atoms with Gasteiger partial charge in [0.15, 0.2) is 0 Å². The van der Waals surface area contributed by atoms with E-state index in [1.54, 1.807) is 0 Å². The maximum atomic E-state index is 4.39. The SMILES string of the molecule is CCc1ccccc1Nc1ncc(C)cc1Br. The number of halogens is 1. The van der Waals surface area contributed by atoms with Crippen LogP contribution >= 0.6 is 15.9 Å². The van der Waals surface area contributed by atoms with Gasteiger partial charge in [0.05, 0.1) is 4.47 Å². The van der Waals surface area contributed by atoms with Crippen LogP contribution in [0.25, 0.3) is 0 Å². The van der Waals surface area contributed by atoms with E-state index in [-0.39, 0.29) is 0 Å². The highest BCUT2D eigenvalue weighted by Gasteiger charge is 2.04. The topological polar surface area (TPSA) is 24.9 Å². The van der Waals surface area contributed by atoms with Gasteiger partial charge in [-0.15, -0.1) is 0 Å². The molecule has 88 valence electrons. The van der Waals surface area contributed by atoms with Gasteiger partial charge in [-0.2, -0.15) is 0 Å². The van der Waals surface area contributed by atoms with E-state index in [9.17, 15) is 0 Å². The van der Waals surface area contributed by atoms with Gasteiger partial charge in [0.1, 0.15) is 5.82 Å². The van der Waals surface area contributed by atoms with Crippen LogP contribution in [-0.2, 0) is 6.42 Å². The van der Waals surface area contributed by atoms with Crippen molar-refractivity contribution in [2.45, 2.75) is 20.3 Å². The molecular weight excluding hydrogens is 276 g/mol. The number of benzene rings is 1. The molecule has 0 saturated carbocycles. The molecule has 0 aliphatic rings. The first-order chi connectivity index (χ1) is 8.20. The molecule has 1 N–H and O–H groups in total. The van der Waals surface area contributed by atoms with E-state index in [1.165, 1.54) is 5.56 Å². The standard InChI is InChI=1S/C14H15BrN2/c1-3-11-6-4-5-7-13(11)17-14-12(15)8-10(2)9-16-14/h4-9H,3H2,1-2H3,(H,16,17). The predicted molar refractivity (Wildman–Crippen MR) is 75.8 cm³/mol. The van der Waals surface area contributed by atoms with Crippen LogP contribution in [0.15, 0.2) is 41.0 Å². The molecule has 0 bridgehead atoms. The Kier molecular flexibility index (Phi) is 3.79. The normalized spacial score (nSPS) is 10.3. The van der Waals surface area contributed by atoms with Gasteiger partial charge in [-0.1, -0.05) is 25.1 Å². The highest BCUT2D eigenvalue weighted by molar-refractivity contribution is 9.10. The summed E-state index contributed by atoms with van der Waals surface area (Å²) in [6.45, 7) is 4.18. The summed E-state index contributed by atoms with van der Waals surface area (Å²) in [7, 11) is 0. The maximum Gasteiger partial charge on any atom is 0.144 e. The Labute approximate surface area is 110 Å². The molecule has 1 heterocycles. The summed E-state index contributed by atoms with van der Waals surface area (Å²) in [5.74, 6) is 0.858. The smallest absolute Gasteiger partial charge is 0.144 e. The van der Waals surface area contributed by atoms with Crippen LogP contribution in [0.4, 0.5) is 11.5 Å². The summed E-state index contributed by atoms with van der Waals surface area (Å²) in [5, 5.41) is 3.36. The number of nitrogens with zero attached hydrogens (tertiary/aromatic N) is 1. The van der Waals surface area contributed by atoms with E-state index >= 15 is 0 Å². The summed E-state index contributed by atoms with van der Waals surface area (Å²) in [6.07, 6.45) is 2.87. The number of hydrogen-bond donors (Lipinski definition) is 1. The van der Waals surface area contributed by atoms with E-state index in [4.69, 9.17) is 0 Å². The summed E-state index contributed by atoms with van der Waals surface area (Å²) >= 11 is 3.53. The van der Waals surface area contributed by atoms with Crippen LogP contribution in [0.5, 0.6) is 0 Å². The minimum absolute atomic E-state index is 0.858. The molecule has 17 heavy (non-hydrogen) atoms. The van der Waals surface area contributed by atoms with Crippen molar-refractivity contribution in [1.82, 2.24) is 4.98 Å². The van der Waals surface area contributed by atoms with Crippen molar-refractivity contribution in [3.63, 3.8) is 0 Å². The minimum Gasteiger partial charge on any atom is -0.339 e. The molecule has 3 heteroatoms. The van der Waals surface area contributed by atoms with Crippen molar-refractivity contribution in [1.29, 1.82) is 0 Å².